The largest absolute Gasteiger partial charge is 0.379 e. The number of H-pyrrole nitrogens is 1. The van der Waals surface area contributed by atoms with Gasteiger partial charge in [-0.2, -0.15) is 19.8 Å². The average Bonchev–Trinajstić information content (AvgIpc) is 3.60. The molecule has 1 saturated heterocycles. The molecule has 2 aliphatic heterocycles. The summed E-state index contributed by atoms with van der Waals surface area (Å²) in [5.74, 6) is -0.0638. The van der Waals surface area contributed by atoms with E-state index in [0.29, 0.717) is 11.1 Å². The summed E-state index contributed by atoms with van der Waals surface area (Å²) in [7, 11) is -3.96. The first-order valence-electron chi connectivity index (χ1n) is 11.7. The number of nitrogens with zero attached hydrogens (tertiary/aromatic N) is 1. The predicted octanol–water partition coefficient (Wildman–Crippen LogP) is 5.32. The van der Waals surface area contributed by atoms with E-state index in [0.717, 1.165) is 41.8 Å². The smallest absolute Gasteiger partial charge is 0.340 e. The highest BCUT2D eigenvalue weighted by atomic mass is 35.5. The average molecular weight is 544 g/mol. The first-order chi connectivity index (χ1) is 17.0. The van der Waals surface area contributed by atoms with Gasteiger partial charge >= 0.3 is 10.1 Å². The van der Waals surface area contributed by atoms with E-state index in [-0.39, 0.29) is 35.5 Å². The maximum atomic E-state index is 12.8. The van der Waals surface area contributed by atoms with E-state index >= 15 is 0 Å². The van der Waals surface area contributed by atoms with E-state index in [2.05, 4.69) is 39.5 Å². The van der Waals surface area contributed by atoms with Crippen LogP contribution in [0.25, 0.3) is 22.2 Å². The minimum absolute atomic E-state index is 0. The van der Waals surface area contributed by atoms with Crippen LogP contribution in [0.4, 0.5) is 0 Å². The number of rotatable bonds is 6. The van der Waals surface area contributed by atoms with Gasteiger partial charge in [0.05, 0.1) is 5.56 Å². The number of aromatic amines is 1. The number of aromatic nitrogens is 1. The van der Waals surface area contributed by atoms with Gasteiger partial charge in [0.2, 0.25) is 0 Å². The number of hydrogen-bond acceptors (Lipinski definition) is 6. The first kappa shape index (κ1) is 24.8. The Morgan fingerprint density at radius 2 is 1.86 bits per heavy atom. The zero-order chi connectivity index (χ0) is 24.0. The van der Waals surface area contributed by atoms with Crippen LogP contribution >= 0.6 is 23.7 Å². The van der Waals surface area contributed by atoms with Crippen LogP contribution in [0.3, 0.4) is 0 Å². The highest BCUT2D eigenvalue weighted by Gasteiger charge is 2.30. The Hall–Kier alpha value is -2.85. The zero-order valence-electron chi connectivity index (χ0n) is 19.5. The fourth-order valence-corrected chi connectivity index (χ4v) is 6.95. The molecule has 4 heterocycles. The molecule has 0 saturated carbocycles. The lowest BCUT2D eigenvalue weighted by molar-refractivity contribution is 0.0966. The number of piperidine rings is 1. The number of fused-ring (bicyclic) bond motifs is 2. The number of amides is 1. The Morgan fingerprint density at radius 3 is 2.64 bits per heavy atom. The van der Waals surface area contributed by atoms with Gasteiger partial charge in [0, 0.05) is 46.2 Å². The van der Waals surface area contributed by atoms with Gasteiger partial charge in [-0.25, -0.2) is 0 Å². The summed E-state index contributed by atoms with van der Waals surface area (Å²) in [5, 5.41) is 7.11. The standard InChI is InChI=1S/C26H25N3O4S2.ClH/c30-26-25-20(5-7-24(21(25)14-27-26)33-35(31,32)19-8-11-34-16-19)23-13-18-12-17(4-6-22(18)28-23)15-29-9-2-1-3-10-29;/h4-8,11-13,16,28H,1-3,9-10,14-15H2,(H,27,30);1H. The van der Waals surface area contributed by atoms with E-state index in [9.17, 15) is 13.2 Å². The topological polar surface area (TPSA) is 91.5 Å². The Labute approximate surface area is 220 Å². The molecule has 2 aromatic carbocycles. The molecule has 2 aliphatic rings. The second-order valence-corrected chi connectivity index (χ2v) is 11.4. The van der Waals surface area contributed by atoms with Crippen LogP contribution in [0.15, 0.2) is 58.1 Å². The summed E-state index contributed by atoms with van der Waals surface area (Å²) in [4.78, 5) is 18.8. The van der Waals surface area contributed by atoms with Gasteiger partial charge in [-0.05, 0) is 73.3 Å². The Morgan fingerprint density at radius 1 is 1.03 bits per heavy atom. The molecule has 0 radical (unpaired) electrons. The van der Waals surface area contributed by atoms with Crippen molar-refractivity contribution in [3.8, 4) is 17.0 Å². The van der Waals surface area contributed by atoms with Gasteiger partial charge in [-0.15, -0.1) is 12.4 Å². The molecule has 0 aliphatic carbocycles. The Balaban J connectivity index is 0.00000267. The van der Waals surface area contributed by atoms with E-state index in [1.54, 1.807) is 17.5 Å². The van der Waals surface area contributed by atoms with Crippen molar-refractivity contribution in [2.45, 2.75) is 37.2 Å². The zero-order valence-corrected chi connectivity index (χ0v) is 21.9. The molecule has 0 spiro atoms. The lowest BCUT2D eigenvalue weighted by Gasteiger charge is -2.26. The molecule has 0 unspecified atom stereocenters. The summed E-state index contributed by atoms with van der Waals surface area (Å²) in [6.07, 6.45) is 3.84. The molecule has 7 nitrogen and oxygen atoms in total. The van der Waals surface area contributed by atoms with Gasteiger partial charge in [0.15, 0.2) is 0 Å². The second kappa shape index (κ2) is 9.89. The van der Waals surface area contributed by atoms with Crippen molar-refractivity contribution in [3.63, 3.8) is 0 Å². The maximum absolute atomic E-state index is 12.8. The van der Waals surface area contributed by atoms with E-state index < -0.39 is 10.1 Å². The summed E-state index contributed by atoms with van der Waals surface area (Å²) in [5.41, 5.74) is 4.81. The molecule has 4 aromatic rings. The molecule has 2 aromatic heterocycles. The molecule has 1 fully saturated rings. The summed E-state index contributed by atoms with van der Waals surface area (Å²) < 4.78 is 30.8. The molecule has 36 heavy (non-hydrogen) atoms. The number of carbonyl (C=O) groups excluding carboxylic acids is 1. The number of likely N-dealkylation sites (tertiary alicyclic amines) is 1. The lowest BCUT2D eigenvalue weighted by atomic mass is 9.99. The molecule has 188 valence electrons. The number of benzene rings is 2. The van der Waals surface area contributed by atoms with Crippen molar-refractivity contribution in [2.24, 2.45) is 0 Å². The number of nitrogens with one attached hydrogen (secondary N) is 2. The highest BCUT2D eigenvalue weighted by molar-refractivity contribution is 7.87. The molecular weight excluding hydrogens is 518 g/mol. The van der Waals surface area contributed by atoms with Crippen molar-refractivity contribution in [1.29, 1.82) is 0 Å². The molecule has 6 rings (SSSR count). The fourth-order valence-electron chi connectivity index (χ4n) is 4.98. The molecule has 1 amide bonds. The Bertz CT molecular complexity index is 1520. The molecule has 0 bridgehead atoms. The van der Waals surface area contributed by atoms with Crippen molar-refractivity contribution in [2.75, 3.05) is 13.1 Å². The van der Waals surface area contributed by atoms with Crippen LogP contribution in [-0.4, -0.2) is 37.3 Å². The molecule has 10 heteroatoms. The monoisotopic (exact) mass is 543 g/mol. The van der Waals surface area contributed by atoms with Crippen molar-refractivity contribution in [3.05, 3.63) is 69.9 Å². The number of thiophene rings is 1. The SMILES string of the molecule is Cl.O=C1NCc2c(OS(=O)(=O)c3ccsc3)ccc(-c3cc4cc(CN5CCCCC5)ccc4[nH]3)c21. The summed E-state index contributed by atoms with van der Waals surface area (Å²) in [6.45, 7) is 3.46. The minimum atomic E-state index is -3.96. The summed E-state index contributed by atoms with van der Waals surface area (Å²) in [6, 6.07) is 13.4. The van der Waals surface area contributed by atoms with Crippen LogP contribution in [0.2, 0.25) is 0 Å². The van der Waals surface area contributed by atoms with Gasteiger partial charge in [0.25, 0.3) is 5.91 Å². The third-order valence-corrected chi connectivity index (χ3v) is 8.80. The van der Waals surface area contributed by atoms with Gasteiger partial charge in [-0.3, -0.25) is 9.69 Å². The lowest BCUT2D eigenvalue weighted by Crippen LogP contribution is -2.28. The van der Waals surface area contributed by atoms with Gasteiger partial charge in [0.1, 0.15) is 10.6 Å². The molecule has 0 atom stereocenters. The van der Waals surface area contributed by atoms with Gasteiger partial charge < -0.3 is 14.5 Å². The van der Waals surface area contributed by atoms with E-state index in [1.165, 1.54) is 47.6 Å². The van der Waals surface area contributed by atoms with E-state index in [4.69, 9.17) is 4.18 Å². The number of carbonyl (C=O) groups is 1. The van der Waals surface area contributed by atoms with Gasteiger partial charge in [-0.1, -0.05) is 12.5 Å². The van der Waals surface area contributed by atoms with E-state index in [1.807, 2.05) is 0 Å². The molecule has 2 N–H and O–H groups in total. The predicted molar refractivity (Wildman–Crippen MR) is 143 cm³/mol. The third-order valence-electron chi connectivity index (χ3n) is 6.74. The fraction of sp³-hybridized carbons (Fsp3) is 0.269. The minimum Gasteiger partial charge on any atom is -0.379 e. The van der Waals surface area contributed by atoms with Crippen LogP contribution in [0.1, 0.15) is 40.7 Å². The maximum Gasteiger partial charge on any atom is 0.340 e. The quantitative estimate of drug-likeness (QED) is 0.321. The van der Waals surface area contributed by atoms with Crippen LogP contribution in [-0.2, 0) is 23.2 Å². The third kappa shape index (κ3) is 4.64. The van der Waals surface area contributed by atoms with Crippen molar-refractivity contribution >= 4 is 50.7 Å². The van der Waals surface area contributed by atoms with Crippen LogP contribution < -0.4 is 9.50 Å². The van der Waals surface area contributed by atoms with Crippen LogP contribution in [0.5, 0.6) is 5.75 Å². The highest BCUT2D eigenvalue weighted by Crippen LogP contribution is 2.37. The Kier molecular flexibility index (Phi) is 6.82. The first-order valence-corrected chi connectivity index (χ1v) is 14.1. The second-order valence-electron chi connectivity index (χ2n) is 9.09. The normalized spacial score (nSPS) is 15.9. The number of halogens is 1. The molecular formula is C26H26ClN3O4S2. The van der Waals surface area contributed by atoms with Crippen molar-refractivity contribution < 1.29 is 17.4 Å². The van der Waals surface area contributed by atoms with Crippen molar-refractivity contribution in [1.82, 2.24) is 15.2 Å². The van der Waals surface area contributed by atoms with Crippen LogP contribution in [0, 0.1) is 0 Å². The summed E-state index contributed by atoms with van der Waals surface area (Å²) >= 11 is 1.28. The number of hydrogen-bond donors (Lipinski definition) is 2.